The smallest absolute Gasteiger partial charge is 0.333 e. The van der Waals surface area contributed by atoms with Gasteiger partial charge in [-0.1, -0.05) is 44.2 Å². The summed E-state index contributed by atoms with van der Waals surface area (Å²) < 4.78 is 5.21. The van der Waals surface area contributed by atoms with Crippen molar-refractivity contribution in [2.75, 3.05) is 20.2 Å². The van der Waals surface area contributed by atoms with E-state index in [2.05, 4.69) is 20.9 Å². The van der Waals surface area contributed by atoms with E-state index in [9.17, 15) is 24.3 Å². The number of nitrogens with zero attached hydrogens (tertiary/aromatic N) is 1. The number of ether oxygens (including phenoxy) is 1. The second-order valence-electron chi connectivity index (χ2n) is 13.4. The summed E-state index contributed by atoms with van der Waals surface area (Å²) in [5.41, 5.74) is 0.195. The number of methoxy groups -OCH3 is 1. The lowest BCUT2D eigenvalue weighted by molar-refractivity contribution is -0.147. The Bertz CT molecular complexity index is 1560. The summed E-state index contributed by atoms with van der Waals surface area (Å²) in [5, 5.41) is 19.7. The Kier molecular flexibility index (Phi) is 9.88. The van der Waals surface area contributed by atoms with E-state index in [1.165, 1.54) is 14.0 Å². The van der Waals surface area contributed by atoms with Crippen LogP contribution < -0.4 is 20.7 Å². The number of H-pyrrole nitrogens is 1. The number of fused-ring (bicyclic) bond motifs is 3. The molecule has 1 aromatic heterocycles. The molecule has 246 valence electrons. The summed E-state index contributed by atoms with van der Waals surface area (Å²) in [7, 11) is 1.51. The SMILES string of the molecule is COc1ccc([C@@](C)(NC(=O)[C@@H](Cc2c[nH]c3ccccc23)NC(=O)[C@H](CC(C)C)NC(=O)N2C[C@@H]3CC[C@@H](C3)C2)C(=O)O)cc1. The van der Waals surface area contributed by atoms with Gasteiger partial charge in [0.15, 0.2) is 5.54 Å². The Morgan fingerprint density at radius 3 is 2.28 bits per heavy atom. The highest BCUT2D eigenvalue weighted by molar-refractivity contribution is 5.95. The molecule has 1 saturated carbocycles. The summed E-state index contributed by atoms with van der Waals surface area (Å²) in [6, 6.07) is 11.8. The summed E-state index contributed by atoms with van der Waals surface area (Å²) >= 11 is 0. The summed E-state index contributed by atoms with van der Waals surface area (Å²) in [5.74, 6) is -0.794. The van der Waals surface area contributed by atoms with Gasteiger partial charge in [-0.25, -0.2) is 9.59 Å². The maximum atomic E-state index is 14.0. The molecule has 2 aromatic carbocycles. The van der Waals surface area contributed by atoms with Crippen molar-refractivity contribution in [1.82, 2.24) is 25.8 Å². The number of aromatic amines is 1. The molecule has 1 saturated heterocycles. The van der Waals surface area contributed by atoms with Crippen molar-refractivity contribution >= 4 is 34.7 Å². The molecule has 0 radical (unpaired) electrons. The molecule has 1 aliphatic heterocycles. The van der Waals surface area contributed by atoms with E-state index in [-0.39, 0.29) is 18.4 Å². The zero-order chi connectivity index (χ0) is 33.0. The van der Waals surface area contributed by atoms with Crippen LogP contribution in [-0.2, 0) is 26.3 Å². The fourth-order valence-corrected chi connectivity index (χ4v) is 6.83. The number of carboxylic acid groups (broad SMARTS) is 1. The number of carbonyl (C=O) groups excluding carboxylic acids is 3. The number of amides is 4. The third-order valence-corrected chi connectivity index (χ3v) is 9.42. The Morgan fingerprint density at radius 1 is 0.978 bits per heavy atom. The summed E-state index contributed by atoms with van der Waals surface area (Å²) in [6.07, 6.45) is 5.66. The maximum Gasteiger partial charge on any atom is 0.333 e. The number of para-hydroxylation sites is 1. The predicted molar refractivity (Wildman–Crippen MR) is 174 cm³/mol. The van der Waals surface area contributed by atoms with Crippen molar-refractivity contribution < 1.29 is 29.0 Å². The van der Waals surface area contributed by atoms with E-state index < -0.39 is 35.4 Å². The first-order valence-corrected chi connectivity index (χ1v) is 16.1. The molecular formula is C35H45N5O6. The number of likely N-dealkylation sites (tertiary alicyclic amines) is 1. The lowest BCUT2D eigenvalue weighted by Crippen LogP contribution is -2.60. The molecule has 5 rings (SSSR count). The van der Waals surface area contributed by atoms with Gasteiger partial charge in [0.05, 0.1) is 7.11 Å². The van der Waals surface area contributed by atoms with Gasteiger partial charge in [-0.2, -0.15) is 0 Å². The first kappa shape index (κ1) is 32.8. The summed E-state index contributed by atoms with van der Waals surface area (Å²) in [4.78, 5) is 59.0. The molecule has 2 aliphatic rings. The van der Waals surface area contributed by atoms with Gasteiger partial charge in [-0.15, -0.1) is 0 Å². The van der Waals surface area contributed by atoms with Gasteiger partial charge in [0.2, 0.25) is 11.8 Å². The van der Waals surface area contributed by atoms with Gasteiger partial charge in [0, 0.05) is 36.6 Å². The fourth-order valence-electron chi connectivity index (χ4n) is 6.83. The van der Waals surface area contributed by atoms with E-state index in [1.54, 1.807) is 30.5 Å². The third-order valence-electron chi connectivity index (χ3n) is 9.42. The quantitative estimate of drug-likeness (QED) is 0.202. The first-order valence-electron chi connectivity index (χ1n) is 16.1. The highest BCUT2D eigenvalue weighted by atomic mass is 16.5. The molecule has 3 aromatic rings. The molecule has 5 atom stereocenters. The molecule has 1 aliphatic carbocycles. The molecular weight excluding hydrogens is 586 g/mol. The molecule has 4 amide bonds. The monoisotopic (exact) mass is 631 g/mol. The van der Waals surface area contributed by atoms with Crippen LogP contribution in [0.1, 0.15) is 57.6 Å². The number of benzene rings is 2. The molecule has 2 bridgehead atoms. The lowest BCUT2D eigenvalue weighted by Gasteiger charge is -2.34. The van der Waals surface area contributed by atoms with Crippen LogP contribution in [0.2, 0.25) is 0 Å². The minimum absolute atomic E-state index is 0.0832. The van der Waals surface area contributed by atoms with E-state index in [0.29, 0.717) is 42.7 Å². The van der Waals surface area contributed by atoms with Gasteiger partial charge >= 0.3 is 12.0 Å². The molecule has 5 N–H and O–H groups in total. The number of carboxylic acids is 1. The van der Waals surface area contributed by atoms with Crippen molar-refractivity contribution in [3.8, 4) is 5.75 Å². The highest BCUT2D eigenvalue weighted by Gasteiger charge is 2.40. The largest absolute Gasteiger partial charge is 0.497 e. The van der Waals surface area contributed by atoms with Crippen LogP contribution in [0.5, 0.6) is 5.75 Å². The van der Waals surface area contributed by atoms with Crippen LogP contribution in [0.4, 0.5) is 4.79 Å². The molecule has 11 nitrogen and oxygen atoms in total. The molecule has 0 unspecified atom stereocenters. The number of nitrogens with one attached hydrogen (secondary N) is 4. The Hall–Kier alpha value is -4.54. The lowest BCUT2D eigenvalue weighted by atomic mass is 9.91. The molecule has 46 heavy (non-hydrogen) atoms. The standard InChI is InChI=1S/C35H45N5O6/c1-21(2)15-29(38-34(45)40-19-22-9-10-23(16-22)20-40)31(41)37-30(17-24-18-36-28-8-6-5-7-27(24)28)32(42)39-35(3,33(43)44)25-11-13-26(46-4)14-12-25/h5-8,11-14,18,21-23,29-30,36H,9-10,15-17,19-20H2,1-4H3,(H,37,41)(H,38,45)(H,39,42)(H,43,44)/t22-,23+,29-,30+,35+/m0/s1. The van der Waals surface area contributed by atoms with Crippen LogP contribution in [0.3, 0.4) is 0 Å². The molecule has 2 fully saturated rings. The number of rotatable bonds is 12. The van der Waals surface area contributed by atoms with Crippen LogP contribution in [-0.4, -0.2) is 71.1 Å². The van der Waals surface area contributed by atoms with Gasteiger partial charge < -0.3 is 35.7 Å². The zero-order valence-electron chi connectivity index (χ0n) is 27.0. The van der Waals surface area contributed by atoms with Crippen molar-refractivity contribution in [2.45, 2.75) is 70.5 Å². The van der Waals surface area contributed by atoms with Crippen molar-refractivity contribution in [2.24, 2.45) is 17.8 Å². The minimum atomic E-state index is -1.80. The van der Waals surface area contributed by atoms with Crippen molar-refractivity contribution in [3.63, 3.8) is 0 Å². The van der Waals surface area contributed by atoms with Crippen LogP contribution in [0.25, 0.3) is 10.9 Å². The number of carbonyl (C=O) groups is 4. The van der Waals surface area contributed by atoms with Gasteiger partial charge in [-0.3, -0.25) is 9.59 Å². The molecule has 2 heterocycles. The number of hydrogen-bond acceptors (Lipinski definition) is 5. The minimum Gasteiger partial charge on any atom is -0.497 e. The fraction of sp³-hybridized carbons (Fsp3) is 0.486. The van der Waals surface area contributed by atoms with E-state index in [4.69, 9.17) is 4.74 Å². The number of urea groups is 1. The second kappa shape index (κ2) is 13.8. The maximum absolute atomic E-state index is 14.0. The molecule has 11 heteroatoms. The van der Waals surface area contributed by atoms with Crippen LogP contribution >= 0.6 is 0 Å². The first-order chi connectivity index (χ1) is 22.0. The van der Waals surface area contributed by atoms with Crippen molar-refractivity contribution in [1.29, 1.82) is 0 Å². The van der Waals surface area contributed by atoms with E-state index >= 15 is 0 Å². The van der Waals surface area contributed by atoms with Crippen molar-refractivity contribution in [3.05, 3.63) is 65.9 Å². The Labute approximate surface area is 269 Å². The Morgan fingerprint density at radius 2 is 1.65 bits per heavy atom. The van der Waals surface area contributed by atoms with Gasteiger partial charge in [0.1, 0.15) is 17.8 Å². The van der Waals surface area contributed by atoms with E-state index in [1.807, 2.05) is 43.0 Å². The average molecular weight is 632 g/mol. The zero-order valence-corrected chi connectivity index (χ0v) is 27.0. The average Bonchev–Trinajstić information content (AvgIpc) is 3.60. The predicted octanol–water partition coefficient (Wildman–Crippen LogP) is 4.18. The third kappa shape index (κ3) is 7.29. The highest BCUT2D eigenvalue weighted by Crippen LogP contribution is 2.36. The topological polar surface area (TPSA) is 153 Å². The number of piperidine rings is 1. The van der Waals surface area contributed by atoms with E-state index in [0.717, 1.165) is 35.7 Å². The number of hydrogen-bond donors (Lipinski definition) is 5. The normalized spacial score (nSPS) is 20.1. The summed E-state index contributed by atoms with van der Waals surface area (Å²) in [6.45, 7) is 6.72. The second-order valence-corrected chi connectivity index (χ2v) is 13.4. The molecule has 0 spiro atoms. The Balaban J connectivity index is 1.39. The van der Waals surface area contributed by atoms with Gasteiger partial charge in [0.25, 0.3) is 0 Å². The van der Waals surface area contributed by atoms with Crippen LogP contribution in [0.15, 0.2) is 54.7 Å². The number of aliphatic carboxylic acids is 1. The van der Waals surface area contributed by atoms with Crippen LogP contribution in [0, 0.1) is 17.8 Å². The van der Waals surface area contributed by atoms with Gasteiger partial charge in [-0.05, 0) is 79.7 Å². The number of aromatic nitrogens is 1.